The summed E-state index contributed by atoms with van der Waals surface area (Å²) < 4.78 is 0. The number of carbonyl (C=O) groups excluding carboxylic acids is 2. The first-order valence-corrected chi connectivity index (χ1v) is 14.5. The maximum Gasteiger partial charge on any atom is 0.161 e. The molecule has 1 radical (unpaired) electrons. The summed E-state index contributed by atoms with van der Waals surface area (Å²) in [6, 6.07) is 0. The lowest BCUT2D eigenvalue weighted by molar-refractivity contribution is -0.226. The summed E-state index contributed by atoms with van der Waals surface area (Å²) in [6.07, 6.45) is 10.3. The van der Waals surface area contributed by atoms with Gasteiger partial charge in [-0.15, -0.1) is 0 Å². The van der Waals surface area contributed by atoms with Crippen LogP contribution in [0.3, 0.4) is 0 Å². The van der Waals surface area contributed by atoms with E-state index >= 15 is 0 Å². The van der Waals surface area contributed by atoms with Gasteiger partial charge in [0, 0.05) is 11.3 Å². The molecule has 4 fully saturated rings. The summed E-state index contributed by atoms with van der Waals surface area (Å²) in [7, 11) is 0. The Kier molecular flexibility index (Phi) is 5.58. The van der Waals surface area contributed by atoms with Crippen molar-refractivity contribution in [1.29, 1.82) is 0 Å². The van der Waals surface area contributed by atoms with E-state index in [1.165, 1.54) is 12.5 Å². The van der Waals surface area contributed by atoms with Gasteiger partial charge in [-0.1, -0.05) is 54.0 Å². The van der Waals surface area contributed by atoms with Gasteiger partial charge in [-0.2, -0.15) is 0 Å². The van der Waals surface area contributed by atoms with Gasteiger partial charge in [-0.25, -0.2) is 5.11 Å². The molecule has 5 aliphatic rings. The first-order valence-electron chi connectivity index (χ1n) is 14.5. The van der Waals surface area contributed by atoms with E-state index in [-0.39, 0.29) is 57.1 Å². The van der Waals surface area contributed by atoms with Gasteiger partial charge < -0.3 is 5.11 Å². The van der Waals surface area contributed by atoms with E-state index in [1.807, 2.05) is 0 Å². The molecule has 0 saturated heterocycles. The van der Waals surface area contributed by atoms with Gasteiger partial charge in [-0.3, -0.25) is 9.59 Å². The van der Waals surface area contributed by atoms with E-state index in [0.717, 1.165) is 44.9 Å². The van der Waals surface area contributed by atoms with Gasteiger partial charge in [0.05, 0.1) is 6.61 Å². The summed E-state index contributed by atoms with van der Waals surface area (Å²) in [5.41, 5.74) is -1.05. The van der Waals surface area contributed by atoms with Crippen molar-refractivity contribution in [2.75, 3.05) is 6.61 Å². The minimum Gasteiger partial charge on any atom is -0.382 e. The van der Waals surface area contributed by atoms with Crippen LogP contribution < -0.4 is 0 Å². The van der Waals surface area contributed by atoms with Gasteiger partial charge >= 0.3 is 0 Å². The van der Waals surface area contributed by atoms with Crippen molar-refractivity contribution in [3.05, 3.63) is 11.6 Å². The maximum absolute atomic E-state index is 14.3. The molecule has 0 aromatic rings. The van der Waals surface area contributed by atoms with E-state index in [2.05, 4.69) is 54.5 Å². The zero-order valence-electron chi connectivity index (χ0n) is 24.1. The van der Waals surface area contributed by atoms with Crippen LogP contribution in [-0.2, 0) is 14.7 Å². The fourth-order valence-electron chi connectivity index (χ4n) is 11.0. The third kappa shape index (κ3) is 3.01. The van der Waals surface area contributed by atoms with Crippen molar-refractivity contribution in [3.8, 4) is 0 Å². The average Bonchev–Trinajstić information content (AvgIpc) is 2.79. The Morgan fingerprint density at radius 3 is 2.19 bits per heavy atom. The number of ketones is 2. The molecule has 5 rings (SSSR count). The zero-order valence-corrected chi connectivity index (χ0v) is 24.1. The normalized spacial score (nSPS) is 53.9. The molecular formula is C32H49O4. The molecule has 4 saturated carbocycles. The first kappa shape index (κ1) is 26.6. The number of rotatable bonds is 2. The second-order valence-corrected chi connectivity index (χ2v) is 15.8. The molecule has 0 aliphatic heterocycles. The highest BCUT2D eigenvalue weighted by Crippen LogP contribution is 2.75. The van der Waals surface area contributed by atoms with Crippen molar-refractivity contribution < 1.29 is 19.8 Å². The van der Waals surface area contributed by atoms with Gasteiger partial charge in [-0.05, 0) is 110 Å². The van der Waals surface area contributed by atoms with Crippen LogP contribution in [0.4, 0.5) is 0 Å². The number of aliphatic hydroxyl groups is 1. The molecule has 0 aromatic carbocycles. The summed E-state index contributed by atoms with van der Waals surface area (Å²) in [5, 5.41) is 23.8. The molecule has 2 unspecified atom stereocenters. The molecule has 9 atom stereocenters. The van der Waals surface area contributed by atoms with Crippen molar-refractivity contribution in [3.63, 3.8) is 0 Å². The molecule has 1 N–H and O–H groups in total. The first-order chi connectivity index (χ1) is 16.4. The maximum atomic E-state index is 14.3. The van der Waals surface area contributed by atoms with Crippen molar-refractivity contribution in [1.82, 2.24) is 0 Å². The highest BCUT2D eigenvalue weighted by Gasteiger charge is 2.72. The summed E-state index contributed by atoms with van der Waals surface area (Å²) in [5.74, 6) is 0.437. The molecule has 0 spiro atoms. The summed E-state index contributed by atoms with van der Waals surface area (Å²) >= 11 is 0. The third-order valence-electron chi connectivity index (χ3n) is 13.8. The van der Waals surface area contributed by atoms with Crippen LogP contribution >= 0.6 is 0 Å². The lowest BCUT2D eigenvalue weighted by Gasteiger charge is -2.71. The molecule has 36 heavy (non-hydrogen) atoms. The molecule has 5 aliphatic carbocycles. The third-order valence-corrected chi connectivity index (χ3v) is 13.8. The molecule has 201 valence electrons. The molecule has 0 aromatic heterocycles. The summed E-state index contributed by atoms with van der Waals surface area (Å²) in [6.45, 7) is 17.3. The van der Waals surface area contributed by atoms with E-state index in [9.17, 15) is 19.8 Å². The Bertz CT molecular complexity index is 1030. The highest BCUT2D eigenvalue weighted by molar-refractivity contribution is 5.96. The average molecular weight is 498 g/mol. The SMILES string of the molecule is CC(=O)[C@]1(O)CC[C@@]2(C)C(CC[C@]3(C)C2C(=O)C=C2[C@H]4C[C@@](C)(C[O])CC[C@]4(C)CC[C@]23C)C1(C)C. The lowest BCUT2D eigenvalue weighted by atomic mass is 9.32. The molecule has 4 nitrogen and oxygen atoms in total. The second-order valence-electron chi connectivity index (χ2n) is 15.8. The Morgan fingerprint density at radius 1 is 0.944 bits per heavy atom. The monoisotopic (exact) mass is 497 g/mol. The van der Waals surface area contributed by atoms with Gasteiger partial charge in [0.15, 0.2) is 11.6 Å². The van der Waals surface area contributed by atoms with Crippen LogP contribution in [0.5, 0.6) is 0 Å². The van der Waals surface area contributed by atoms with Crippen molar-refractivity contribution in [2.24, 2.45) is 50.2 Å². The highest BCUT2D eigenvalue weighted by atomic mass is 16.3. The van der Waals surface area contributed by atoms with Gasteiger partial charge in [0.1, 0.15) is 5.60 Å². The number of fused-ring (bicyclic) bond motifs is 7. The van der Waals surface area contributed by atoms with Crippen LogP contribution in [-0.4, -0.2) is 28.9 Å². The number of hydrogen-bond donors (Lipinski definition) is 1. The predicted molar refractivity (Wildman–Crippen MR) is 141 cm³/mol. The quantitative estimate of drug-likeness (QED) is 0.460. The Hall–Kier alpha value is -1.00. The largest absolute Gasteiger partial charge is 0.382 e. The van der Waals surface area contributed by atoms with E-state index < -0.39 is 11.0 Å². The predicted octanol–water partition coefficient (Wildman–Crippen LogP) is 6.72. The minimum atomic E-state index is -1.33. The molecule has 0 bridgehead atoms. The Morgan fingerprint density at radius 2 is 1.58 bits per heavy atom. The number of hydrogen-bond acceptors (Lipinski definition) is 3. The number of carbonyl (C=O) groups is 2. The van der Waals surface area contributed by atoms with Crippen LogP contribution in [0.15, 0.2) is 11.6 Å². The van der Waals surface area contributed by atoms with Gasteiger partial charge in [0.2, 0.25) is 0 Å². The van der Waals surface area contributed by atoms with Gasteiger partial charge in [0.25, 0.3) is 0 Å². The lowest BCUT2D eigenvalue weighted by Crippen LogP contribution is -2.69. The van der Waals surface area contributed by atoms with E-state index in [1.54, 1.807) is 0 Å². The molecule has 0 amide bonds. The fraction of sp³-hybridized carbons (Fsp3) is 0.875. The van der Waals surface area contributed by atoms with Crippen LogP contribution in [0.25, 0.3) is 0 Å². The number of allylic oxidation sites excluding steroid dienone is 2. The van der Waals surface area contributed by atoms with E-state index in [0.29, 0.717) is 18.8 Å². The smallest absolute Gasteiger partial charge is 0.161 e. The van der Waals surface area contributed by atoms with Crippen molar-refractivity contribution >= 4 is 11.6 Å². The molecular weight excluding hydrogens is 448 g/mol. The second kappa shape index (κ2) is 7.56. The van der Waals surface area contributed by atoms with Crippen LogP contribution in [0.2, 0.25) is 0 Å². The zero-order chi connectivity index (χ0) is 26.7. The Balaban J connectivity index is 1.61. The van der Waals surface area contributed by atoms with Crippen molar-refractivity contribution in [2.45, 2.75) is 119 Å². The van der Waals surface area contributed by atoms with Crippen LogP contribution in [0.1, 0.15) is 113 Å². The summed E-state index contributed by atoms with van der Waals surface area (Å²) in [4.78, 5) is 27.0. The van der Waals surface area contributed by atoms with Crippen LogP contribution in [0, 0.1) is 50.2 Å². The standard InChI is InChI=1S/C32H49O4/c1-20(34)32(36)16-14-29(6)24(26(32,2)3)9-10-31(8)25(29)23(35)17-21-22-18-27(4,19-33)11-12-28(22,5)13-15-30(21,31)7/h17,22,24-25,36H,9-16,18-19H2,1-8H3/t22-,24?,25?,27+,28-,29+,30-,31-,32-/m1/s1. The molecule has 4 heteroatoms. The number of Topliss-reactive ketones (excluding diaryl/α,β-unsaturated/α-hetero) is 1. The minimum absolute atomic E-state index is 0.0364. The fourth-order valence-corrected chi connectivity index (χ4v) is 11.0. The topological polar surface area (TPSA) is 74.3 Å². The molecule has 0 heterocycles. The Labute approximate surface area is 218 Å². The van der Waals surface area contributed by atoms with E-state index in [4.69, 9.17) is 0 Å².